The van der Waals surface area contributed by atoms with E-state index < -0.39 is 4.92 Å². The number of nitro groups is 1. The molecule has 0 aromatic carbocycles. The SMILES string of the molecule is CC(C)NC(=O)c1ccc(Cn2cc(Br)c([N+](=O)[O-])n2)o1. The van der Waals surface area contributed by atoms with Crippen LogP contribution in [0.15, 0.2) is 27.2 Å². The summed E-state index contributed by atoms with van der Waals surface area (Å²) in [4.78, 5) is 21.9. The molecule has 21 heavy (non-hydrogen) atoms. The molecule has 0 aliphatic carbocycles. The second-order valence-corrected chi connectivity index (χ2v) is 5.50. The Balaban J connectivity index is 2.11. The summed E-state index contributed by atoms with van der Waals surface area (Å²) in [5, 5.41) is 17.2. The van der Waals surface area contributed by atoms with Crippen molar-refractivity contribution in [2.75, 3.05) is 0 Å². The second kappa shape index (κ2) is 6.08. The lowest BCUT2D eigenvalue weighted by Crippen LogP contribution is -2.29. The highest BCUT2D eigenvalue weighted by Gasteiger charge is 2.20. The minimum Gasteiger partial charge on any atom is -0.454 e. The number of carbonyl (C=O) groups is 1. The Hall–Kier alpha value is -2.16. The molecule has 2 aromatic heterocycles. The van der Waals surface area contributed by atoms with Gasteiger partial charge in [0.2, 0.25) is 0 Å². The zero-order chi connectivity index (χ0) is 15.6. The highest BCUT2D eigenvalue weighted by Crippen LogP contribution is 2.22. The topological polar surface area (TPSA) is 103 Å². The number of nitrogens with zero attached hydrogens (tertiary/aromatic N) is 3. The van der Waals surface area contributed by atoms with Crippen LogP contribution in [0.25, 0.3) is 0 Å². The van der Waals surface area contributed by atoms with Crippen molar-refractivity contribution >= 4 is 27.7 Å². The highest BCUT2D eigenvalue weighted by molar-refractivity contribution is 9.10. The molecule has 9 heteroatoms. The number of aromatic nitrogens is 2. The Labute approximate surface area is 128 Å². The van der Waals surface area contributed by atoms with Gasteiger partial charge in [0.15, 0.2) is 5.76 Å². The minimum atomic E-state index is -0.579. The monoisotopic (exact) mass is 356 g/mol. The Bertz CT molecular complexity index is 677. The fourth-order valence-electron chi connectivity index (χ4n) is 1.67. The quantitative estimate of drug-likeness (QED) is 0.653. The number of hydrogen-bond acceptors (Lipinski definition) is 5. The molecule has 1 amide bonds. The standard InChI is InChI=1S/C12H13BrN4O4/c1-7(2)14-12(18)10-4-3-8(21-10)5-16-6-9(13)11(15-16)17(19)20/h3-4,6-7H,5H2,1-2H3,(H,14,18). The van der Waals surface area contributed by atoms with Crippen LogP contribution in [0.3, 0.4) is 0 Å². The van der Waals surface area contributed by atoms with Crippen molar-refractivity contribution in [1.82, 2.24) is 15.1 Å². The van der Waals surface area contributed by atoms with Crippen molar-refractivity contribution in [2.24, 2.45) is 0 Å². The van der Waals surface area contributed by atoms with E-state index in [2.05, 4.69) is 26.3 Å². The predicted molar refractivity (Wildman–Crippen MR) is 77.0 cm³/mol. The van der Waals surface area contributed by atoms with Crippen molar-refractivity contribution in [1.29, 1.82) is 0 Å². The van der Waals surface area contributed by atoms with Gasteiger partial charge in [0, 0.05) is 6.04 Å². The first-order chi connectivity index (χ1) is 9.86. The zero-order valence-electron chi connectivity index (χ0n) is 11.4. The number of furan rings is 1. The Morgan fingerprint density at radius 1 is 1.57 bits per heavy atom. The van der Waals surface area contributed by atoms with Gasteiger partial charge in [0.25, 0.3) is 5.91 Å². The predicted octanol–water partition coefficient (Wildman–Crippen LogP) is 2.33. The van der Waals surface area contributed by atoms with Crippen molar-refractivity contribution in [2.45, 2.75) is 26.4 Å². The van der Waals surface area contributed by atoms with Gasteiger partial charge in [-0.1, -0.05) is 0 Å². The average Bonchev–Trinajstić information content (AvgIpc) is 2.96. The lowest BCUT2D eigenvalue weighted by atomic mass is 10.3. The molecule has 1 N–H and O–H groups in total. The highest BCUT2D eigenvalue weighted by atomic mass is 79.9. The molecule has 112 valence electrons. The number of nitrogens with one attached hydrogen (secondary N) is 1. The third kappa shape index (κ3) is 3.69. The summed E-state index contributed by atoms with van der Waals surface area (Å²) in [6.07, 6.45) is 1.48. The molecule has 0 saturated carbocycles. The summed E-state index contributed by atoms with van der Waals surface area (Å²) in [6.45, 7) is 3.89. The van der Waals surface area contributed by atoms with Crippen LogP contribution in [0.4, 0.5) is 5.82 Å². The Morgan fingerprint density at radius 3 is 2.86 bits per heavy atom. The van der Waals surface area contributed by atoms with Crippen molar-refractivity contribution in [3.63, 3.8) is 0 Å². The molecule has 0 aliphatic heterocycles. The molecule has 2 heterocycles. The summed E-state index contributed by atoms with van der Waals surface area (Å²) in [5.41, 5.74) is 0. The van der Waals surface area contributed by atoms with E-state index in [1.54, 1.807) is 12.1 Å². The van der Waals surface area contributed by atoms with Crippen LogP contribution in [-0.4, -0.2) is 26.7 Å². The van der Waals surface area contributed by atoms with E-state index in [4.69, 9.17) is 4.42 Å². The number of carbonyl (C=O) groups excluding carboxylic acids is 1. The number of hydrogen-bond donors (Lipinski definition) is 1. The maximum absolute atomic E-state index is 11.7. The van der Waals surface area contributed by atoms with E-state index in [1.165, 1.54) is 10.9 Å². The van der Waals surface area contributed by atoms with Gasteiger partial charge in [0.05, 0.1) is 11.3 Å². The summed E-state index contributed by atoms with van der Waals surface area (Å²) in [7, 11) is 0. The van der Waals surface area contributed by atoms with Gasteiger partial charge in [-0.15, -0.1) is 0 Å². The van der Waals surface area contributed by atoms with E-state index in [0.29, 0.717) is 5.76 Å². The molecule has 0 fully saturated rings. The maximum Gasteiger partial charge on any atom is 0.404 e. The fourth-order valence-corrected chi connectivity index (χ4v) is 2.13. The normalized spacial score (nSPS) is 10.9. The number of halogens is 1. The lowest BCUT2D eigenvalue weighted by Gasteiger charge is -2.05. The Kier molecular flexibility index (Phi) is 4.41. The van der Waals surface area contributed by atoms with Crippen LogP contribution in [0, 0.1) is 10.1 Å². The molecule has 0 unspecified atom stereocenters. The van der Waals surface area contributed by atoms with Crippen LogP contribution in [0.1, 0.15) is 30.2 Å². The molecule has 0 aliphatic rings. The van der Waals surface area contributed by atoms with Crippen LogP contribution >= 0.6 is 15.9 Å². The van der Waals surface area contributed by atoms with Crippen LogP contribution in [0.5, 0.6) is 0 Å². The molecule has 0 bridgehead atoms. The van der Waals surface area contributed by atoms with Gasteiger partial charge >= 0.3 is 5.82 Å². The van der Waals surface area contributed by atoms with Crippen molar-refractivity contribution < 1.29 is 14.1 Å². The summed E-state index contributed by atoms with van der Waals surface area (Å²) in [6, 6.07) is 3.20. The van der Waals surface area contributed by atoms with Gasteiger partial charge in [-0.25, -0.2) is 0 Å². The molecule has 0 saturated heterocycles. The van der Waals surface area contributed by atoms with E-state index >= 15 is 0 Å². The first kappa shape index (κ1) is 15.2. The molecular formula is C12H13BrN4O4. The van der Waals surface area contributed by atoms with Crippen LogP contribution in [-0.2, 0) is 6.54 Å². The van der Waals surface area contributed by atoms with Gasteiger partial charge in [-0.05, 0) is 46.8 Å². The first-order valence-electron chi connectivity index (χ1n) is 6.13. The van der Waals surface area contributed by atoms with Crippen LogP contribution in [0.2, 0.25) is 0 Å². The number of amides is 1. The second-order valence-electron chi connectivity index (χ2n) is 4.65. The maximum atomic E-state index is 11.7. The Morgan fingerprint density at radius 2 is 2.29 bits per heavy atom. The van der Waals surface area contributed by atoms with Gasteiger partial charge in [-0.2, -0.15) is 4.68 Å². The lowest BCUT2D eigenvalue weighted by molar-refractivity contribution is -0.390. The largest absolute Gasteiger partial charge is 0.454 e. The molecular weight excluding hydrogens is 344 g/mol. The molecule has 2 rings (SSSR count). The fraction of sp³-hybridized carbons (Fsp3) is 0.333. The van der Waals surface area contributed by atoms with E-state index in [1.807, 2.05) is 13.8 Å². The smallest absolute Gasteiger partial charge is 0.404 e. The molecule has 8 nitrogen and oxygen atoms in total. The molecule has 0 atom stereocenters. The molecule has 0 radical (unpaired) electrons. The van der Waals surface area contributed by atoms with Gasteiger partial charge in [0.1, 0.15) is 16.8 Å². The third-order valence-corrected chi connectivity index (χ3v) is 3.05. The summed E-state index contributed by atoms with van der Waals surface area (Å²) in [5.74, 6) is 0.108. The first-order valence-corrected chi connectivity index (χ1v) is 6.93. The van der Waals surface area contributed by atoms with E-state index in [0.717, 1.165) is 0 Å². The van der Waals surface area contributed by atoms with Gasteiger partial charge in [-0.3, -0.25) is 4.79 Å². The number of rotatable bonds is 5. The van der Waals surface area contributed by atoms with E-state index in [9.17, 15) is 14.9 Å². The van der Waals surface area contributed by atoms with Crippen molar-refractivity contribution in [3.8, 4) is 0 Å². The van der Waals surface area contributed by atoms with Crippen LogP contribution < -0.4 is 5.32 Å². The van der Waals surface area contributed by atoms with E-state index in [-0.39, 0.29) is 34.5 Å². The molecule has 0 spiro atoms. The average molecular weight is 357 g/mol. The van der Waals surface area contributed by atoms with Crippen molar-refractivity contribution in [3.05, 3.63) is 44.4 Å². The zero-order valence-corrected chi connectivity index (χ0v) is 13.0. The minimum absolute atomic E-state index is 0.00997. The molecule has 2 aromatic rings. The summed E-state index contributed by atoms with van der Waals surface area (Å²) >= 11 is 3.07. The van der Waals surface area contributed by atoms with Gasteiger partial charge < -0.3 is 19.8 Å². The summed E-state index contributed by atoms with van der Waals surface area (Å²) < 4.78 is 7.06. The third-order valence-electron chi connectivity index (χ3n) is 2.50.